The fraction of sp³-hybridized carbons (Fsp3) is 1.00. The summed E-state index contributed by atoms with van der Waals surface area (Å²) in [7, 11) is 0. The number of hydrogen-bond donors (Lipinski definition) is 0. The summed E-state index contributed by atoms with van der Waals surface area (Å²) >= 11 is 0. The van der Waals surface area contributed by atoms with E-state index in [9.17, 15) is 39.5 Å². The summed E-state index contributed by atoms with van der Waals surface area (Å²) in [6.45, 7) is 2.04. The van der Waals surface area contributed by atoms with Crippen LogP contribution in [0.1, 0.15) is 71.1 Å². The molecule has 0 saturated heterocycles. The van der Waals surface area contributed by atoms with Crippen LogP contribution in [0.4, 0.5) is 39.5 Å². The lowest BCUT2D eigenvalue weighted by atomic mass is 9.97. The Morgan fingerprint density at radius 2 is 0.875 bits per heavy atom. The van der Waals surface area contributed by atoms with E-state index in [4.69, 9.17) is 0 Å². The zero-order valence-electron chi connectivity index (χ0n) is 13.5. The highest BCUT2D eigenvalue weighted by Gasteiger charge is 2.81. The van der Waals surface area contributed by atoms with Gasteiger partial charge in [0, 0.05) is 6.42 Å². The molecule has 24 heavy (non-hydrogen) atoms. The van der Waals surface area contributed by atoms with Crippen LogP contribution >= 0.6 is 0 Å². The molecule has 0 bridgehead atoms. The molecular weight excluding hydrogens is 351 g/mol. The molecule has 0 unspecified atom stereocenters. The monoisotopic (exact) mass is 374 g/mol. The van der Waals surface area contributed by atoms with E-state index in [1.54, 1.807) is 0 Å². The molecule has 0 atom stereocenters. The van der Waals surface area contributed by atoms with Crippen molar-refractivity contribution in [2.45, 2.75) is 95.1 Å². The first-order valence-electron chi connectivity index (χ1n) is 8.01. The van der Waals surface area contributed by atoms with E-state index in [1.807, 2.05) is 6.92 Å². The molecule has 0 nitrogen and oxygen atoms in total. The average molecular weight is 374 g/mol. The maximum Gasteiger partial charge on any atom is 0.460 e. The molecule has 0 aromatic carbocycles. The Kier molecular flexibility index (Phi) is 8.93. The van der Waals surface area contributed by atoms with Crippen LogP contribution in [0, 0.1) is 0 Å². The van der Waals surface area contributed by atoms with Crippen molar-refractivity contribution in [3.63, 3.8) is 0 Å². The molecule has 0 aromatic heterocycles. The summed E-state index contributed by atoms with van der Waals surface area (Å²) in [6.07, 6.45) is -2.79. The van der Waals surface area contributed by atoms with Crippen LogP contribution in [0.15, 0.2) is 0 Å². The van der Waals surface area contributed by atoms with E-state index >= 15 is 0 Å². The largest absolute Gasteiger partial charge is 0.460 e. The van der Waals surface area contributed by atoms with Crippen molar-refractivity contribution in [3.8, 4) is 0 Å². The zero-order chi connectivity index (χ0) is 19.1. The molecule has 0 aliphatic heterocycles. The van der Waals surface area contributed by atoms with E-state index in [1.165, 1.54) is 0 Å². The summed E-state index contributed by atoms with van der Waals surface area (Å²) in [6, 6.07) is 0. The van der Waals surface area contributed by atoms with Crippen LogP contribution < -0.4 is 0 Å². The van der Waals surface area contributed by atoms with Crippen LogP contribution in [-0.4, -0.2) is 23.9 Å². The smallest absolute Gasteiger partial charge is 0.200 e. The van der Waals surface area contributed by atoms with Gasteiger partial charge in [-0.15, -0.1) is 0 Å². The highest BCUT2D eigenvalue weighted by atomic mass is 19.4. The van der Waals surface area contributed by atoms with Gasteiger partial charge >= 0.3 is 23.9 Å². The van der Waals surface area contributed by atoms with Crippen molar-refractivity contribution in [1.29, 1.82) is 0 Å². The average Bonchev–Trinajstić information content (AvgIpc) is 2.43. The van der Waals surface area contributed by atoms with Gasteiger partial charge in [-0.2, -0.15) is 39.5 Å². The predicted octanol–water partition coefficient (Wildman–Crippen LogP) is 7.38. The van der Waals surface area contributed by atoms with Gasteiger partial charge in [-0.1, -0.05) is 58.3 Å². The maximum absolute atomic E-state index is 13.2. The highest BCUT2D eigenvalue weighted by Crippen LogP contribution is 2.54. The quantitative estimate of drug-likeness (QED) is 0.247. The highest BCUT2D eigenvalue weighted by molar-refractivity contribution is 5.00. The van der Waals surface area contributed by atoms with Gasteiger partial charge in [0.15, 0.2) is 0 Å². The Hall–Kier alpha value is -0.630. The van der Waals surface area contributed by atoms with Crippen LogP contribution in [0.5, 0.6) is 0 Å². The lowest BCUT2D eigenvalue weighted by Crippen LogP contribution is -2.60. The van der Waals surface area contributed by atoms with Crippen molar-refractivity contribution in [2.75, 3.05) is 0 Å². The molecule has 9 heteroatoms. The molecule has 0 fully saturated rings. The van der Waals surface area contributed by atoms with Gasteiger partial charge in [-0.3, -0.25) is 0 Å². The van der Waals surface area contributed by atoms with Crippen LogP contribution in [0.3, 0.4) is 0 Å². The molecule has 0 N–H and O–H groups in total. The number of unbranched alkanes of at least 4 members (excludes halogenated alkanes) is 8. The van der Waals surface area contributed by atoms with Gasteiger partial charge in [0.25, 0.3) is 0 Å². The third-order valence-electron chi connectivity index (χ3n) is 3.80. The Bertz CT molecular complexity index is 347. The zero-order valence-corrected chi connectivity index (χ0v) is 13.5. The van der Waals surface area contributed by atoms with Crippen molar-refractivity contribution in [2.24, 2.45) is 0 Å². The Labute approximate surface area is 135 Å². The summed E-state index contributed by atoms with van der Waals surface area (Å²) in [4.78, 5) is 0. The second-order valence-electron chi connectivity index (χ2n) is 5.93. The van der Waals surface area contributed by atoms with Crippen molar-refractivity contribution >= 4 is 0 Å². The molecule has 0 radical (unpaired) electrons. The second-order valence-corrected chi connectivity index (χ2v) is 5.93. The van der Waals surface area contributed by atoms with Crippen molar-refractivity contribution in [3.05, 3.63) is 0 Å². The molecule has 146 valence electrons. The normalized spacial score (nSPS) is 14.2. The third-order valence-corrected chi connectivity index (χ3v) is 3.80. The van der Waals surface area contributed by atoms with Crippen molar-refractivity contribution < 1.29 is 39.5 Å². The standard InChI is InChI=1S/C15H23F9/c1-2-3-4-5-6-7-8-9-10-11-12(16,17)13(18,19)14(20,21)15(22,23)24/h2-11H2,1H3. The van der Waals surface area contributed by atoms with E-state index in [0.717, 1.165) is 32.1 Å². The first kappa shape index (κ1) is 23.4. The number of alkyl halides is 9. The lowest BCUT2D eigenvalue weighted by Gasteiger charge is -2.33. The van der Waals surface area contributed by atoms with Gasteiger partial charge < -0.3 is 0 Å². The molecule has 0 amide bonds. The molecule has 0 rings (SSSR count). The molecule has 0 aliphatic carbocycles. The minimum atomic E-state index is -6.78. The summed E-state index contributed by atoms with van der Waals surface area (Å²) in [5, 5.41) is 0. The fourth-order valence-corrected chi connectivity index (χ4v) is 2.22. The third kappa shape index (κ3) is 6.02. The van der Waals surface area contributed by atoms with Gasteiger partial charge in [0.2, 0.25) is 0 Å². The Morgan fingerprint density at radius 3 is 1.25 bits per heavy atom. The minimum Gasteiger partial charge on any atom is -0.200 e. The number of hydrogen-bond acceptors (Lipinski definition) is 0. The van der Waals surface area contributed by atoms with Gasteiger partial charge in [0.05, 0.1) is 0 Å². The van der Waals surface area contributed by atoms with Crippen LogP contribution in [-0.2, 0) is 0 Å². The minimum absolute atomic E-state index is 0.0804. The molecule has 0 saturated carbocycles. The fourth-order valence-electron chi connectivity index (χ4n) is 2.22. The SMILES string of the molecule is CCCCCCCCCCCC(F)(F)C(F)(F)C(F)(F)C(F)(F)F. The van der Waals surface area contributed by atoms with Crippen LogP contribution in [0.25, 0.3) is 0 Å². The summed E-state index contributed by atoms with van der Waals surface area (Å²) < 4.78 is 113. The number of halogens is 9. The molecule has 0 aliphatic rings. The first-order chi connectivity index (χ1) is 10.8. The number of rotatable bonds is 12. The first-order valence-corrected chi connectivity index (χ1v) is 8.01. The molecular formula is C15H23F9. The Morgan fingerprint density at radius 1 is 0.500 bits per heavy atom. The van der Waals surface area contributed by atoms with E-state index in [2.05, 4.69) is 0 Å². The van der Waals surface area contributed by atoms with E-state index in [-0.39, 0.29) is 6.42 Å². The summed E-state index contributed by atoms with van der Waals surface area (Å²) in [5.41, 5.74) is 0. The van der Waals surface area contributed by atoms with Crippen LogP contribution in [0.2, 0.25) is 0 Å². The van der Waals surface area contributed by atoms with E-state index < -0.39 is 36.8 Å². The van der Waals surface area contributed by atoms with Gasteiger partial charge in [-0.25, -0.2) is 0 Å². The maximum atomic E-state index is 13.2. The van der Waals surface area contributed by atoms with Gasteiger partial charge in [-0.05, 0) is 6.42 Å². The van der Waals surface area contributed by atoms with E-state index in [0.29, 0.717) is 12.8 Å². The second kappa shape index (κ2) is 9.17. The molecule has 0 heterocycles. The van der Waals surface area contributed by atoms with Crippen molar-refractivity contribution in [1.82, 2.24) is 0 Å². The molecule has 0 aromatic rings. The molecule has 0 spiro atoms. The predicted molar refractivity (Wildman–Crippen MR) is 72.7 cm³/mol. The van der Waals surface area contributed by atoms with Gasteiger partial charge in [0.1, 0.15) is 0 Å². The Balaban J connectivity index is 4.30. The summed E-state index contributed by atoms with van der Waals surface area (Å²) in [5.74, 6) is -18.7. The topological polar surface area (TPSA) is 0 Å². The lowest BCUT2D eigenvalue weighted by molar-refractivity contribution is -0.396.